The van der Waals surface area contributed by atoms with Crippen molar-refractivity contribution in [2.45, 2.75) is 16.9 Å². The molecule has 0 unspecified atom stereocenters. The predicted octanol–water partition coefficient (Wildman–Crippen LogP) is 5.94. The Bertz CT molecular complexity index is 1040. The number of nitriles is 1. The minimum absolute atomic E-state index is 0.0556. The van der Waals surface area contributed by atoms with Gasteiger partial charge in [-0.2, -0.15) is 5.26 Å². The molecule has 6 heteroatoms. The molecular formula is C21H15ClN2O2S. The summed E-state index contributed by atoms with van der Waals surface area (Å²) in [6.45, 7) is 1.85. The number of carbonyl (C=O) groups is 1. The zero-order valence-electron chi connectivity index (χ0n) is 14.4. The van der Waals surface area contributed by atoms with E-state index in [0.29, 0.717) is 21.6 Å². The largest absolute Gasteiger partial charge is 0.450 e. The molecule has 3 aromatic rings. The Labute approximate surface area is 166 Å². The number of benzene rings is 2. The fourth-order valence-corrected chi connectivity index (χ4v) is 3.25. The molecule has 0 fully saturated rings. The van der Waals surface area contributed by atoms with Gasteiger partial charge in [-0.25, -0.2) is 0 Å². The van der Waals surface area contributed by atoms with Crippen molar-refractivity contribution in [2.24, 2.45) is 0 Å². The minimum Gasteiger partial charge on any atom is -0.450 e. The minimum atomic E-state index is -0.517. The van der Waals surface area contributed by atoms with Crippen LogP contribution in [-0.4, -0.2) is 5.91 Å². The summed E-state index contributed by atoms with van der Waals surface area (Å²) >= 11 is 7.43. The lowest BCUT2D eigenvalue weighted by atomic mass is 10.1. The highest BCUT2D eigenvalue weighted by atomic mass is 35.5. The van der Waals surface area contributed by atoms with Crippen LogP contribution < -0.4 is 5.32 Å². The molecule has 0 spiro atoms. The fraction of sp³-hybridized carbons (Fsp3) is 0.0476. The van der Waals surface area contributed by atoms with Crippen LogP contribution in [0.4, 0.5) is 5.69 Å². The molecule has 134 valence electrons. The second kappa shape index (κ2) is 8.63. The number of nitrogens with one attached hydrogen (secondary N) is 1. The van der Waals surface area contributed by atoms with E-state index in [-0.39, 0.29) is 5.57 Å². The van der Waals surface area contributed by atoms with Gasteiger partial charge in [0.1, 0.15) is 17.4 Å². The Morgan fingerprint density at radius 3 is 2.70 bits per heavy atom. The Morgan fingerprint density at radius 2 is 1.96 bits per heavy atom. The zero-order valence-corrected chi connectivity index (χ0v) is 16.0. The zero-order chi connectivity index (χ0) is 19.2. The Hall–Kier alpha value is -2.94. The number of nitrogens with zero attached hydrogens (tertiary/aromatic N) is 1. The van der Waals surface area contributed by atoms with Crippen molar-refractivity contribution in [2.75, 3.05) is 5.32 Å². The van der Waals surface area contributed by atoms with Crippen LogP contribution in [0.3, 0.4) is 0 Å². The van der Waals surface area contributed by atoms with Gasteiger partial charge in [0.25, 0.3) is 5.91 Å². The third-order valence-electron chi connectivity index (χ3n) is 3.66. The monoisotopic (exact) mass is 394 g/mol. The molecule has 1 N–H and O–H groups in total. The summed E-state index contributed by atoms with van der Waals surface area (Å²) in [5.74, 6) is -0.0838. The molecule has 27 heavy (non-hydrogen) atoms. The molecule has 3 rings (SSSR count). The van der Waals surface area contributed by atoms with Crippen molar-refractivity contribution in [3.05, 3.63) is 82.6 Å². The molecule has 0 atom stereocenters. The molecule has 0 aliphatic carbocycles. The second-order valence-electron chi connectivity index (χ2n) is 5.66. The number of amides is 1. The number of anilines is 1. The van der Waals surface area contributed by atoms with Gasteiger partial charge in [-0.3, -0.25) is 4.79 Å². The first-order chi connectivity index (χ1) is 13.0. The fourth-order valence-electron chi connectivity index (χ4n) is 2.28. The SMILES string of the molecule is Cc1ccc(Cl)cc1NC(=O)/C(C#N)=C\c1ccc(Sc2ccccc2)o1. The first kappa shape index (κ1) is 18.8. The maximum absolute atomic E-state index is 12.4. The van der Waals surface area contributed by atoms with E-state index in [1.54, 1.807) is 30.3 Å². The van der Waals surface area contributed by atoms with Gasteiger partial charge < -0.3 is 9.73 Å². The molecule has 2 aromatic carbocycles. The van der Waals surface area contributed by atoms with Crippen molar-refractivity contribution in [3.8, 4) is 6.07 Å². The molecule has 0 aliphatic rings. The third-order valence-corrected chi connectivity index (χ3v) is 4.83. The average Bonchev–Trinajstić information content (AvgIpc) is 3.10. The molecular weight excluding hydrogens is 380 g/mol. The topological polar surface area (TPSA) is 66.0 Å². The van der Waals surface area contributed by atoms with E-state index in [0.717, 1.165) is 10.5 Å². The lowest BCUT2D eigenvalue weighted by molar-refractivity contribution is -0.112. The van der Waals surface area contributed by atoms with E-state index in [9.17, 15) is 10.1 Å². The first-order valence-electron chi connectivity index (χ1n) is 8.07. The number of hydrogen-bond acceptors (Lipinski definition) is 4. The maximum Gasteiger partial charge on any atom is 0.266 e. The molecule has 0 radical (unpaired) electrons. The van der Waals surface area contributed by atoms with Crippen LogP contribution in [0.25, 0.3) is 6.08 Å². The normalized spacial score (nSPS) is 11.1. The van der Waals surface area contributed by atoms with Gasteiger partial charge in [-0.05, 0) is 48.9 Å². The lowest BCUT2D eigenvalue weighted by Crippen LogP contribution is -2.14. The highest BCUT2D eigenvalue weighted by Crippen LogP contribution is 2.29. The van der Waals surface area contributed by atoms with Crippen LogP contribution in [0.5, 0.6) is 0 Å². The predicted molar refractivity (Wildman–Crippen MR) is 108 cm³/mol. The summed E-state index contributed by atoms with van der Waals surface area (Å²) in [6, 6.07) is 20.4. The van der Waals surface area contributed by atoms with E-state index in [2.05, 4.69) is 5.32 Å². The summed E-state index contributed by atoms with van der Waals surface area (Å²) < 4.78 is 5.70. The first-order valence-corrected chi connectivity index (χ1v) is 9.26. The van der Waals surface area contributed by atoms with Crippen LogP contribution in [0.1, 0.15) is 11.3 Å². The quantitative estimate of drug-likeness (QED) is 0.429. The molecule has 0 saturated heterocycles. The standard InChI is InChI=1S/C21H15ClN2O2S/c1-14-7-8-16(22)12-19(14)24-21(25)15(13-23)11-17-9-10-20(26-17)27-18-5-3-2-4-6-18/h2-12H,1H3,(H,24,25)/b15-11-. The van der Waals surface area contributed by atoms with Gasteiger partial charge in [0.2, 0.25) is 0 Å². The van der Waals surface area contributed by atoms with Crippen LogP contribution >= 0.6 is 23.4 Å². The Kier molecular flexibility index (Phi) is 6.02. The molecule has 0 saturated carbocycles. The van der Waals surface area contributed by atoms with Gasteiger partial charge in [-0.15, -0.1) is 0 Å². The van der Waals surface area contributed by atoms with Crippen molar-refractivity contribution in [3.63, 3.8) is 0 Å². The Morgan fingerprint density at radius 1 is 1.19 bits per heavy atom. The van der Waals surface area contributed by atoms with Crippen molar-refractivity contribution in [1.29, 1.82) is 5.26 Å². The van der Waals surface area contributed by atoms with Crippen LogP contribution in [0.15, 0.2) is 80.6 Å². The molecule has 1 heterocycles. The van der Waals surface area contributed by atoms with E-state index in [1.165, 1.54) is 17.8 Å². The summed E-state index contributed by atoms with van der Waals surface area (Å²) in [7, 11) is 0. The van der Waals surface area contributed by atoms with E-state index < -0.39 is 5.91 Å². The smallest absolute Gasteiger partial charge is 0.266 e. The highest BCUT2D eigenvalue weighted by Gasteiger charge is 2.13. The van der Waals surface area contributed by atoms with Crippen molar-refractivity contribution in [1.82, 2.24) is 0 Å². The summed E-state index contributed by atoms with van der Waals surface area (Å²) in [5.41, 5.74) is 1.36. The van der Waals surface area contributed by atoms with Gasteiger partial charge in [0.05, 0.1) is 0 Å². The lowest BCUT2D eigenvalue weighted by Gasteiger charge is -2.08. The number of carbonyl (C=O) groups excluding carboxylic acids is 1. The molecule has 1 aromatic heterocycles. The van der Waals surface area contributed by atoms with Crippen LogP contribution in [0.2, 0.25) is 5.02 Å². The maximum atomic E-state index is 12.4. The average molecular weight is 395 g/mol. The molecule has 0 bridgehead atoms. The molecule has 4 nitrogen and oxygen atoms in total. The van der Waals surface area contributed by atoms with E-state index in [1.807, 2.05) is 43.3 Å². The van der Waals surface area contributed by atoms with Crippen molar-refractivity contribution < 1.29 is 9.21 Å². The highest BCUT2D eigenvalue weighted by molar-refractivity contribution is 7.99. The number of aryl methyl sites for hydroxylation is 1. The van der Waals surface area contributed by atoms with Gasteiger partial charge in [-0.1, -0.05) is 47.6 Å². The van der Waals surface area contributed by atoms with Gasteiger partial charge >= 0.3 is 0 Å². The Balaban J connectivity index is 1.75. The van der Waals surface area contributed by atoms with Crippen LogP contribution in [0, 0.1) is 18.3 Å². The molecule has 1 amide bonds. The van der Waals surface area contributed by atoms with E-state index >= 15 is 0 Å². The van der Waals surface area contributed by atoms with Crippen LogP contribution in [-0.2, 0) is 4.79 Å². The summed E-state index contributed by atoms with van der Waals surface area (Å²) in [4.78, 5) is 13.5. The van der Waals surface area contributed by atoms with Crippen molar-refractivity contribution >= 4 is 41.0 Å². The molecule has 0 aliphatic heterocycles. The summed E-state index contributed by atoms with van der Waals surface area (Å²) in [6.07, 6.45) is 1.42. The van der Waals surface area contributed by atoms with Gasteiger partial charge in [0.15, 0.2) is 5.09 Å². The third kappa shape index (κ3) is 5.04. The number of rotatable bonds is 5. The summed E-state index contributed by atoms with van der Waals surface area (Å²) in [5, 5.41) is 13.2. The second-order valence-corrected chi connectivity index (χ2v) is 7.17. The number of furan rings is 1. The number of hydrogen-bond donors (Lipinski definition) is 1. The van der Waals surface area contributed by atoms with Gasteiger partial charge in [0, 0.05) is 21.7 Å². The number of halogens is 1. The van der Waals surface area contributed by atoms with E-state index in [4.69, 9.17) is 16.0 Å².